The molecule has 20 heavy (non-hydrogen) atoms. The number of H-pyrrole nitrogens is 1. The summed E-state index contributed by atoms with van der Waals surface area (Å²) in [6.07, 6.45) is 10.3. The highest BCUT2D eigenvalue weighted by Crippen LogP contribution is 2.22. The predicted octanol–water partition coefficient (Wildman–Crippen LogP) is 5.45. The Kier molecular flexibility index (Phi) is 5.69. The minimum Gasteiger partial charge on any atom is -0.348 e. The number of unbranched alkanes of at least 4 members (excludes halogenated alkanes) is 2. The molecule has 1 aromatic carbocycles. The molecule has 0 fully saturated rings. The first-order chi connectivity index (χ1) is 9.66. The van der Waals surface area contributed by atoms with E-state index in [-0.39, 0.29) is 0 Å². The van der Waals surface area contributed by atoms with Crippen molar-refractivity contribution in [2.24, 2.45) is 0 Å². The van der Waals surface area contributed by atoms with E-state index in [9.17, 15) is 0 Å². The zero-order valence-corrected chi connectivity index (χ0v) is 13.0. The molecule has 1 heterocycles. The van der Waals surface area contributed by atoms with Gasteiger partial charge >= 0.3 is 0 Å². The quantitative estimate of drug-likeness (QED) is 0.706. The van der Waals surface area contributed by atoms with Gasteiger partial charge in [0.2, 0.25) is 0 Å². The minimum atomic E-state index is 0.691. The second kappa shape index (κ2) is 7.51. The Labute approximate surface area is 129 Å². The van der Waals surface area contributed by atoms with Crippen LogP contribution in [0.1, 0.15) is 36.2 Å². The molecule has 2 rings (SSSR count). The summed E-state index contributed by atoms with van der Waals surface area (Å²) in [6.45, 7) is 2.02. The summed E-state index contributed by atoms with van der Waals surface area (Å²) in [5.41, 5.74) is 3.29. The minimum absolute atomic E-state index is 0.691. The van der Waals surface area contributed by atoms with Gasteiger partial charge in [0.15, 0.2) is 0 Å². The third-order valence-corrected chi connectivity index (χ3v) is 3.81. The molecule has 0 saturated carbocycles. The van der Waals surface area contributed by atoms with E-state index in [2.05, 4.69) is 22.1 Å². The Hall–Kier alpha value is -1.25. The first-order valence-electron chi connectivity index (χ1n) is 6.77. The van der Waals surface area contributed by atoms with E-state index < -0.39 is 0 Å². The normalized spacial score (nSPS) is 11.3. The molecule has 1 aromatic heterocycles. The molecular weight excluding hydrogens is 291 g/mol. The molecule has 0 unspecified atom stereocenters. The zero-order valence-electron chi connectivity index (χ0n) is 11.5. The number of aromatic amines is 1. The second-order valence-electron chi connectivity index (χ2n) is 4.80. The van der Waals surface area contributed by atoms with Gasteiger partial charge in [0, 0.05) is 15.7 Å². The van der Waals surface area contributed by atoms with Gasteiger partial charge in [0.05, 0.1) is 12.0 Å². The number of nitrogens with zero attached hydrogens (tertiary/aromatic N) is 1. The molecule has 0 spiro atoms. The lowest BCUT2D eigenvalue weighted by Gasteiger charge is -2.03. The lowest BCUT2D eigenvalue weighted by Crippen LogP contribution is -1.87. The molecule has 0 atom stereocenters. The third-order valence-electron chi connectivity index (χ3n) is 3.23. The second-order valence-corrected chi connectivity index (χ2v) is 5.64. The van der Waals surface area contributed by atoms with E-state index in [0.717, 1.165) is 42.1 Å². The number of imidazole rings is 1. The van der Waals surface area contributed by atoms with Crippen molar-refractivity contribution in [1.29, 1.82) is 0 Å². The van der Waals surface area contributed by atoms with Crippen molar-refractivity contribution in [3.8, 4) is 0 Å². The summed E-state index contributed by atoms with van der Waals surface area (Å²) in [7, 11) is 0. The maximum absolute atomic E-state index is 6.14. The highest BCUT2D eigenvalue weighted by Gasteiger charge is 2.00. The van der Waals surface area contributed by atoms with Gasteiger partial charge in [0.1, 0.15) is 0 Å². The molecule has 0 radical (unpaired) electrons. The SMILES string of the molecule is Cc1[nH]cnc1/C=C/CCCCc1ccc(Cl)cc1Cl. The smallest absolute Gasteiger partial charge is 0.0929 e. The van der Waals surface area contributed by atoms with Crippen LogP contribution < -0.4 is 0 Å². The number of nitrogens with one attached hydrogen (secondary N) is 1. The van der Waals surface area contributed by atoms with Gasteiger partial charge < -0.3 is 4.98 Å². The summed E-state index contributed by atoms with van der Waals surface area (Å²) in [5.74, 6) is 0. The van der Waals surface area contributed by atoms with Gasteiger partial charge in [0.25, 0.3) is 0 Å². The molecule has 0 aliphatic rings. The number of hydrogen-bond donors (Lipinski definition) is 1. The van der Waals surface area contributed by atoms with Crippen molar-refractivity contribution < 1.29 is 0 Å². The maximum atomic E-state index is 6.14. The number of benzene rings is 1. The summed E-state index contributed by atoms with van der Waals surface area (Å²) < 4.78 is 0. The van der Waals surface area contributed by atoms with E-state index in [1.54, 1.807) is 12.4 Å². The Morgan fingerprint density at radius 1 is 1.25 bits per heavy atom. The molecule has 0 saturated heterocycles. The summed E-state index contributed by atoms with van der Waals surface area (Å²) in [5, 5.41) is 1.45. The number of allylic oxidation sites excluding steroid dienone is 1. The average molecular weight is 309 g/mol. The van der Waals surface area contributed by atoms with Crippen molar-refractivity contribution in [1.82, 2.24) is 9.97 Å². The van der Waals surface area contributed by atoms with Crippen LogP contribution in [0.25, 0.3) is 6.08 Å². The molecule has 2 nitrogen and oxygen atoms in total. The van der Waals surface area contributed by atoms with E-state index in [1.165, 1.54) is 5.56 Å². The molecule has 2 aromatic rings. The van der Waals surface area contributed by atoms with E-state index >= 15 is 0 Å². The molecule has 0 bridgehead atoms. The van der Waals surface area contributed by atoms with Crippen LogP contribution in [0.5, 0.6) is 0 Å². The fourth-order valence-corrected chi connectivity index (χ4v) is 2.54. The van der Waals surface area contributed by atoms with E-state index in [0.29, 0.717) is 5.02 Å². The Morgan fingerprint density at radius 2 is 2.10 bits per heavy atom. The topological polar surface area (TPSA) is 28.7 Å². The monoisotopic (exact) mass is 308 g/mol. The third kappa shape index (κ3) is 4.39. The molecule has 0 aliphatic heterocycles. The van der Waals surface area contributed by atoms with Crippen LogP contribution in [0.15, 0.2) is 30.6 Å². The van der Waals surface area contributed by atoms with Crippen LogP contribution in [-0.2, 0) is 6.42 Å². The first kappa shape index (κ1) is 15.1. The number of hydrogen-bond acceptors (Lipinski definition) is 1. The molecule has 0 aliphatic carbocycles. The van der Waals surface area contributed by atoms with Crippen molar-refractivity contribution in [3.63, 3.8) is 0 Å². The van der Waals surface area contributed by atoms with Crippen LogP contribution in [0.2, 0.25) is 10.0 Å². The summed E-state index contributed by atoms with van der Waals surface area (Å²) in [4.78, 5) is 7.29. The number of aryl methyl sites for hydroxylation is 2. The van der Waals surface area contributed by atoms with Gasteiger partial charge in [-0.3, -0.25) is 0 Å². The van der Waals surface area contributed by atoms with Gasteiger partial charge in [-0.25, -0.2) is 4.98 Å². The Balaban J connectivity index is 1.72. The Bertz CT molecular complexity index is 588. The maximum Gasteiger partial charge on any atom is 0.0929 e. The van der Waals surface area contributed by atoms with E-state index in [4.69, 9.17) is 23.2 Å². The average Bonchev–Trinajstić information content (AvgIpc) is 2.81. The zero-order chi connectivity index (χ0) is 14.4. The lowest BCUT2D eigenvalue weighted by atomic mass is 10.1. The highest BCUT2D eigenvalue weighted by molar-refractivity contribution is 6.35. The predicted molar refractivity (Wildman–Crippen MR) is 86.4 cm³/mol. The van der Waals surface area contributed by atoms with Crippen molar-refractivity contribution in [2.45, 2.75) is 32.6 Å². The van der Waals surface area contributed by atoms with Gasteiger partial charge in [-0.05, 0) is 56.4 Å². The standard InChI is InChI=1S/C16H18Cl2N2/c1-12-16(20-11-19-12)7-5-3-2-4-6-13-8-9-14(17)10-15(13)18/h5,7-11H,2-4,6H2,1H3,(H,19,20)/b7-5+. The van der Waals surface area contributed by atoms with Gasteiger partial charge in [-0.15, -0.1) is 0 Å². The van der Waals surface area contributed by atoms with Crippen LogP contribution in [-0.4, -0.2) is 9.97 Å². The number of halogens is 2. The summed E-state index contributed by atoms with van der Waals surface area (Å²) in [6, 6.07) is 5.70. The number of aromatic nitrogens is 2. The van der Waals surface area contributed by atoms with Crippen LogP contribution >= 0.6 is 23.2 Å². The first-order valence-corrected chi connectivity index (χ1v) is 7.53. The van der Waals surface area contributed by atoms with E-state index in [1.807, 2.05) is 19.1 Å². The van der Waals surface area contributed by atoms with Crippen LogP contribution in [0.4, 0.5) is 0 Å². The molecular formula is C16H18Cl2N2. The van der Waals surface area contributed by atoms with Crippen molar-refractivity contribution >= 4 is 29.3 Å². The number of rotatable bonds is 6. The molecule has 106 valence electrons. The van der Waals surface area contributed by atoms with Crippen molar-refractivity contribution in [2.75, 3.05) is 0 Å². The summed E-state index contributed by atoms with van der Waals surface area (Å²) >= 11 is 12.0. The fourth-order valence-electron chi connectivity index (χ4n) is 2.03. The van der Waals surface area contributed by atoms with Gasteiger partial charge in [-0.2, -0.15) is 0 Å². The van der Waals surface area contributed by atoms with Crippen LogP contribution in [0, 0.1) is 6.92 Å². The van der Waals surface area contributed by atoms with Crippen molar-refractivity contribution in [3.05, 3.63) is 57.6 Å². The Morgan fingerprint density at radius 3 is 2.80 bits per heavy atom. The highest BCUT2D eigenvalue weighted by atomic mass is 35.5. The van der Waals surface area contributed by atoms with Crippen LogP contribution in [0.3, 0.4) is 0 Å². The largest absolute Gasteiger partial charge is 0.348 e. The van der Waals surface area contributed by atoms with Gasteiger partial charge in [-0.1, -0.05) is 35.3 Å². The lowest BCUT2D eigenvalue weighted by molar-refractivity contribution is 0.749. The fraction of sp³-hybridized carbons (Fsp3) is 0.312. The molecule has 1 N–H and O–H groups in total. The molecule has 0 amide bonds. The molecule has 4 heteroatoms.